The van der Waals surface area contributed by atoms with Crippen LogP contribution in [-0.4, -0.2) is 38.2 Å². The van der Waals surface area contributed by atoms with Crippen molar-refractivity contribution >= 4 is 17.6 Å². The van der Waals surface area contributed by atoms with Crippen LogP contribution in [0.1, 0.15) is 24.2 Å². The Morgan fingerprint density at radius 2 is 1.81 bits per heavy atom. The van der Waals surface area contributed by atoms with E-state index in [1.54, 1.807) is 12.1 Å². The number of ether oxygens (including phenoxy) is 2. The second-order valence-electron chi connectivity index (χ2n) is 5.54. The molecule has 0 unspecified atom stereocenters. The first-order valence-electron chi connectivity index (χ1n) is 8.93. The van der Waals surface area contributed by atoms with Crippen molar-refractivity contribution in [3.63, 3.8) is 0 Å². The van der Waals surface area contributed by atoms with Crippen molar-refractivity contribution in [1.29, 1.82) is 0 Å². The van der Waals surface area contributed by atoms with Crippen LogP contribution in [0.4, 0.5) is 5.69 Å². The number of amides is 1. The number of hydrogen-bond donors (Lipinski definition) is 3. The summed E-state index contributed by atoms with van der Waals surface area (Å²) in [7, 11) is 0. The second kappa shape index (κ2) is 10.7. The maximum atomic E-state index is 12.0. The van der Waals surface area contributed by atoms with Gasteiger partial charge in [0.1, 0.15) is 11.5 Å². The molecule has 0 aromatic heterocycles. The summed E-state index contributed by atoms with van der Waals surface area (Å²) in [4.78, 5) is 16.2. The number of carbonyl (C=O) groups excluding carboxylic acids is 1. The number of benzene rings is 2. The van der Waals surface area contributed by atoms with Gasteiger partial charge >= 0.3 is 0 Å². The molecule has 0 aliphatic heterocycles. The van der Waals surface area contributed by atoms with E-state index < -0.39 is 0 Å². The molecular weight excluding hydrogens is 344 g/mol. The highest BCUT2D eigenvalue weighted by atomic mass is 16.5. The second-order valence-corrected chi connectivity index (χ2v) is 5.54. The highest BCUT2D eigenvalue weighted by molar-refractivity contribution is 5.95. The summed E-state index contributed by atoms with van der Waals surface area (Å²) in [5, 5.41) is 5.83. The fraction of sp³-hybridized carbons (Fsp3) is 0.300. The fourth-order valence-electron chi connectivity index (χ4n) is 2.36. The van der Waals surface area contributed by atoms with E-state index in [0.29, 0.717) is 49.1 Å². The fourth-order valence-corrected chi connectivity index (χ4v) is 2.36. The van der Waals surface area contributed by atoms with Crippen LogP contribution >= 0.6 is 0 Å². The Hall–Kier alpha value is -3.22. The predicted octanol–water partition coefficient (Wildman–Crippen LogP) is 2.64. The zero-order valence-corrected chi connectivity index (χ0v) is 15.7. The third-order valence-corrected chi connectivity index (χ3v) is 3.54. The number of aliphatic imine (C=N–C) groups is 1. The summed E-state index contributed by atoms with van der Waals surface area (Å²) < 4.78 is 11.1. The number of hydrogen-bond acceptors (Lipinski definition) is 4. The SMILES string of the molecule is CCOc1ccc(OCC)c(NC(N)=NCCNC(=O)c2ccccc2)c1. The molecule has 1 amide bonds. The van der Waals surface area contributed by atoms with E-state index in [0.717, 1.165) is 0 Å². The Morgan fingerprint density at radius 1 is 1.07 bits per heavy atom. The number of nitrogens with zero attached hydrogens (tertiary/aromatic N) is 1. The number of rotatable bonds is 9. The van der Waals surface area contributed by atoms with Crippen molar-refractivity contribution in [3.05, 3.63) is 54.1 Å². The molecule has 0 atom stereocenters. The van der Waals surface area contributed by atoms with Crippen molar-refractivity contribution in [2.24, 2.45) is 10.7 Å². The van der Waals surface area contributed by atoms with Gasteiger partial charge < -0.3 is 25.8 Å². The lowest BCUT2D eigenvalue weighted by molar-refractivity contribution is 0.0955. The van der Waals surface area contributed by atoms with Gasteiger partial charge in [0.15, 0.2) is 5.96 Å². The van der Waals surface area contributed by atoms with Crippen LogP contribution in [0.5, 0.6) is 11.5 Å². The van der Waals surface area contributed by atoms with Crippen LogP contribution in [-0.2, 0) is 0 Å². The van der Waals surface area contributed by atoms with Crippen LogP contribution in [0, 0.1) is 0 Å². The third-order valence-electron chi connectivity index (χ3n) is 3.54. The van der Waals surface area contributed by atoms with Crippen molar-refractivity contribution < 1.29 is 14.3 Å². The van der Waals surface area contributed by atoms with E-state index in [2.05, 4.69) is 15.6 Å². The lowest BCUT2D eigenvalue weighted by atomic mass is 10.2. The molecule has 0 saturated heterocycles. The summed E-state index contributed by atoms with van der Waals surface area (Å²) in [5.41, 5.74) is 7.24. The summed E-state index contributed by atoms with van der Waals surface area (Å²) in [6, 6.07) is 14.5. The van der Waals surface area contributed by atoms with Gasteiger partial charge in [-0.15, -0.1) is 0 Å². The average Bonchev–Trinajstić information content (AvgIpc) is 2.68. The molecule has 0 bridgehead atoms. The Kier molecular flexibility index (Phi) is 7.96. The molecule has 27 heavy (non-hydrogen) atoms. The minimum atomic E-state index is -0.139. The van der Waals surface area contributed by atoms with Crippen molar-refractivity contribution in [2.75, 3.05) is 31.6 Å². The molecular formula is C20H26N4O3. The minimum Gasteiger partial charge on any atom is -0.494 e. The number of carbonyl (C=O) groups is 1. The number of anilines is 1. The van der Waals surface area contributed by atoms with Crippen LogP contribution in [0.2, 0.25) is 0 Å². The van der Waals surface area contributed by atoms with E-state index in [4.69, 9.17) is 15.2 Å². The zero-order chi connectivity index (χ0) is 19.5. The van der Waals surface area contributed by atoms with Gasteiger partial charge in [0.2, 0.25) is 0 Å². The Bertz CT molecular complexity index is 763. The Morgan fingerprint density at radius 3 is 2.52 bits per heavy atom. The van der Waals surface area contributed by atoms with Crippen LogP contribution < -0.4 is 25.8 Å². The maximum absolute atomic E-state index is 12.0. The molecule has 2 rings (SSSR count). The maximum Gasteiger partial charge on any atom is 0.251 e. The van der Waals surface area contributed by atoms with Gasteiger partial charge in [0.25, 0.3) is 5.91 Å². The van der Waals surface area contributed by atoms with E-state index >= 15 is 0 Å². The number of nitrogens with two attached hydrogens (primary N) is 1. The Labute approximate surface area is 159 Å². The first-order valence-corrected chi connectivity index (χ1v) is 8.93. The van der Waals surface area contributed by atoms with Crippen molar-refractivity contribution in [3.8, 4) is 11.5 Å². The first-order chi connectivity index (χ1) is 13.1. The molecule has 2 aromatic carbocycles. The molecule has 0 spiro atoms. The van der Waals surface area contributed by atoms with Crippen LogP contribution in [0.25, 0.3) is 0 Å². The quantitative estimate of drug-likeness (QED) is 0.358. The summed E-state index contributed by atoms with van der Waals surface area (Å²) in [6.07, 6.45) is 0. The number of guanidine groups is 1. The molecule has 0 aliphatic carbocycles. The highest BCUT2D eigenvalue weighted by Crippen LogP contribution is 2.29. The van der Waals surface area contributed by atoms with Crippen LogP contribution in [0.3, 0.4) is 0 Å². The minimum absolute atomic E-state index is 0.139. The van der Waals surface area contributed by atoms with Gasteiger partial charge in [-0.1, -0.05) is 18.2 Å². The van der Waals surface area contributed by atoms with E-state index in [1.807, 2.05) is 50.2 Å². The summed E-state index contributed by atoms with van der Waals surface area (Å²) >= 11 is 0. The molecule has 0 heterocycles. The highest BCUT2D eigenvalue weighted by Gasteiger charge is 2.07. The molecule has 7 nitrogen and oxygen atoms in total. The van der Waals surface area contributed by atoms with Gasteiger partial charge in [-0.25, -0.2) is 0 Å². The monoisotopic (exact) mass is 370 g/mol. The predicted molar refractivity (Wildman–Crippen MR) is 108 cm³/mol. The molecule has 0 aliphatic rings. The smallest absolute Gasteiger partial charge is 0.251 e. The summed E-state index contributed by atoms with van der Waals surface area (Å²) in [5.74, 6) is 1.47. The van der Waals surface area contributed by atoms with Gasteiger partial charge in [-0.05, 0) is 38.1 Å². The van der Waals surface area contributed by atoms with Gasteiger partial charge in [-0.2, -0.15) is 0 Å². The molecule has 4 N–H and O–H groups in total. The number of nitrogens with one attached hydrogen (secondary N) is 2. The molecule has 2 aromatic rings. The first kappa shape index (κ1) is 20.1. The average molecular weight is 370 g/mol. The topological polar surface area (TPSA) is 98.0 Å². The lowest BCUT2D eigenvalue weighted by Crippen LogP contribution is -2.28. The van der Waals surface area contributed by atoms with E-state index in [1.165, 1.54) is 0 Å². The summed E-state index contributed by atoms with van der Waals surface area (Å²) in [6.45, 7) is 5.67. The Balaban J connectivity index is 1.90. The molecule has 7 heteroatoms. The van der Waals surface area contributed by atoms with Crippen molar-refractivity contribution in [2.45, 2.75) is 13.8 Å². The third kappa shape index (κ3) is 6.54. The normalized spacial score (nSPS) is 11.0. The van der Waals surface area contributed by atoms with E-state index in [-0.39, 0.29) is 11.9 Å². The molecule has 144 valence electrons. The van der Waals surface area contributed by atoms with Gasteiger partial charge in [-0.3, -0.25) is 9.79 Å². The van der Waals surface area contributed by atoms with Crippen molar-refractivity contribution in [1.82, 2.24) is 5.32 Å². The molecule has 0 saturated carbocycles. The molecule has 0 radical (unpaired) electrons. The van der Waals surface area contributed by atoms with Gasteiger partial charge in [0, 0.05) is 18.2 Å². The molecule has 0 fully saturated rings. The lowest BCUT2D eigenvalue weighted by Gasteiger charge is -2.14. The van der Waals surface area contributed by atoms with Gasteiger partial charge in [0.05, 0.1) is 25.4 Å². The zero-order valence-electron chi connectivity index (χ0n) is 15.7. The largest absolute Gasteiger partial charge is 0.494 e. The van der Waals surface area contributed by atoms with E-state index in [9.17, 15) is 4.79 Å². The van der Waals surface area contributed by atoms with Crippen LogP contribution in [0.15, 0.2) is 53.5 Å². The standard InChI is InChI=1S/C20H26N4O3/c1-3-26-16-10-11-18(27-4-2)17(14-16)24-20(21)23-13-12-22-19(25)15-8-6-5-7-9-15/h5-11,14H,3-4,12-13H2,1-2H3,(H,22,25)(H3,21,23,24).